The number of hydrogen-bond acceptors (Lipinski definition) is 7. The van der Waals surface area contributed by atoms with Crippen LogP contribution in [-0.4, -0.2) is 41.8 Å². The predicted molar refractivity (Wildman–Crippen MR) is 135 cm³/mol. The number of nitrogens with zero attached hydrogens (tertiary/aromatic N) is 5. The summed E-state index contributed by atoms with van der Waals surface area (Å²) in [5.74, 6) is 0.787. The quantitative estimate of drug-likeness (QED) is 0.332. The number of pyridine rings is 1. The molecule has 1 aliphatic rings. The topological polar surface area (TPSA) is 101 Å². The van der Waals surface area contributed by atoms with Crippen molar-refractivity contribution in [1.82, 2.24) is 24.5 Å². The molecule has 8 nitrogen and oxygen atoms in total. The average molecular weight is 476 g/mol. The van der Waals surface area contributed by atoms with Crippen LogP contribution in [0.4, 0.5) is 16.2 Å². The van der Waals surface area contributed by atoms with Gasteiger partial charge in [0.25, 0.3) is 0 Å². The summed E-state index contributed by atoms with van der Waals surface area (Å²) in [7, 11) is 0. The summed E-state index contributed by atoms with van der Waals surface area (Å²) in [6.07, 6.45) is 8.29. The summed E-state index contributed by atoms with van der Waals surface area (Å²) in [6, 6.07) is 10.6. The Morgan fingerprint density at radius 3 is 2.63 bits per heavy atom. The molecule has 5 rings (SSSR count). The number of anilines is 2. The second-order valence-electron chi connectivity index (χ2n) is 9.74. The lowest BCUT2D eigenvalue weighted by atomic mass is 10.1. The smallest absolute Gasteiger partial charge is 0.226 e. The maximum absolute atomic E-state index is 13.5. The molecule has 0 atom stereocenters. The fourth-order valence-electron chi connectivity index (χ4n) is 4.40. The van der Waals surface area contributed by atoms with E-state index in [1.165, 1.54) is 25.0 Å². The molecule has 0 saturated heterocycles. The molecule has 0 radical (unpaired) electrons. The third-order valence-electron chi connectivity index (χ3n) is 6.22. The van der Waals surface area contributed by atoms with Crippen molar-refractivity contribution in [3.8, 4) is 11.3 Å². The van der Waals surface area contributed by atoms with Gasteiger partial charge in [-0.25, -0.2) is 9.37 Å². The zero-order chi connectivity index (χ0) is 24.4. The predicted octanol–water partition coefficient (Wildman–Crippen LogP) is 4.94. The Hall–Kier alpha value is -3.59. The van der Waals surface area contributed by atoms with Gasteiger partial charge in [-0.3, -0.25) is 4.98 Å². The van der Waals surface area contributed by atoms with Gasteiger partial charge in [-0.15, -0.1) is 0 Å². The molecule has 4 aromatic rings. The third-order valence-corrected chi connectivity index (χ3v) is 6.22. The molecule has 1 aliphatic carbocycles. The van der Waals surface area contributed by atoms with Crippen LogP contribution in [0.25, 0.3) is 22.4 Å². The number of imidazole rings is 1. The highest BCUT2D eigenvalue weighted by molar-refractivity contribution is 5.84. The molecule has 3 aromatic heterocycles. The lowest BCUT2D eigenvalue weighted by molar-refractivity contribution is 0.0943. The van der Waals surface area contributed by atoms with E-state index < -0.39 is 5.60 Å². The van der Waals surface area contributed by atoms with E-state index in [-0.39, 0.29) is 5.82 Å². The van der Waals surface area contributed by atoms with E-state index in [2.05, 4.69) is 30.2 Å². The number of hydrogen-bond donors (Lipinski definition) is 3. The molecule has 182 valence electrons. The lowest BCUT2D eigenvalue weighted by Gasteiger charge is -2.18. The molecule has 1 aromatic carbocycles. The summed E-state index contributed by atoms with van der Waals surface area (Å²) >= 11 is 0. The van der Waals surface area contributed by atoms with Crippen LogP contribution >= 0.6 is 0 Å². The van der Waals surface area contributed by atoms with E-state index >= 15 is 0 Å². The van der Waals surface area contributed by atoms with Crippen LogP contribution in [0.5, 0.6) is 0 Å². The van der Waals surface area contributed by atoms with Gasteiger partial charge in [-0.05, 0) is 50.5 Å². The van der Waals surface area contributed by atoms with Crippen molar-refractivity contribution in [2.75, 3.05) is 17.2 Å². The minimum atomic E-state index is -0.896. The molecule has 0 unspecified atom stereocenters. The maximum atomic E-state index is 13.5. The molecule has 0 amide bonds. The van der Waals surface area contributed by atoms with Crippen LogP contribution in [0.3, 0.4) is 0 Å². The van der Waals surface area contributed by atoms with E-state index in [0.29, 0.717) is 36.6 Å². The molecule has 0 bridgehead atoms. The van der Waals surface area contributed by atoms with Gasteiger partial charge in [0.05, 0.1) is 17.6 Å². The molecular formula is C26H30FN7O. The number of benzene rings is 1. The summed E-state index contributed by atoms with van der Waals surface area (Å²) in [4.78, 5) is 18.5. The summed E-state index contributed by atoms with van der Waals surface area (Å²) in [5, 5.41) is 16.7. The zero-order valence-corrected chi connectivity index (χ0v) is 20.0. The van der Waals surface area contributed by atoms with Crippen molar-refractivity contribution >= 4 is 22.9 Å². The van der Waals surface area contributed by atoms with E-state index in [1.54, 1.807) is 26.1 Å². The SMILES string of the molecule is CC(C)(O)CNc1nc(NCc2ccc(-c3cccc(F)c3)nc2)c2ncn(C3CCCC3)c2n1. The maximum Gasteiger partial charge on any atom is 0.226 e. The van der Waals surface area contributed by atoms with Crippen molar-refractivity contribution in [2.24, 2.45) is 0 Å². The van der Waals surface area contributed by atoms with Crippen LogP contribution < -0.4 is 10.6 Å². The van der Waals surface area contributed by atoms with E-state index in [9.17, 15) is 9.50 Å². The van der Waals surface area contributed by atoms with Gasteiger partial charge in [0.1, 0.15) is 5.82 Å². The second kappa shape index (κ2) is 9.58. The molecule has 9 heteroatoms. The number of nitrogens with one attached hydrogen (secondary N) is 2. The number of fused-ring (bicyclic) bond motifs is 1. The highest BCUT2D eigenvalue weighted by atomic mass is 19.1. The van der Waals surface area contributed by atoms with Gasteiger partial charge in [-0.1, -0.05) is 31.0 Å². The van der Waals surface area contributed by atoms with Crippen LogP contribution in [0, 0.1) is 5.82 Å². The minimum absolute atomic E-state index is 0.283. The summed E-state index contributed by atoms with van der Waals surface area (Å²) < 4.78 is 15.7. The Balaban J connectivity index is 1.39. The highest BCUT2D eigenvalue weighted by Gasteiger charge is 2.22. The first kappa shape index (κ1) is 23.2. The van der Waals surface area contributed by atoms with Crippen molar-refractivity contribution in [3.63, 3.8) is 0 Å². The van der Waals surface area contributed by atoms with Crippen molar-refractivity contribution in [2.45, 2.75) is 57.7 Å². The van der Waals surface area contributed by atoms with Crippen molar-refractivity contribution in [3.05, 3.63) is 60.3 Å². The van der Waals surface area contributed by atoms with E-state index in [4.69, 9.17) is 4.98 Å². The number of rotatable bonds is 8. The Kier molecular flexibility index (Phi) is 6.34. The number of aliphatic hydroxyl groups is 1. The number of halogens is 1. The van der Waals surface area contributed by atoms with E-state index in [0.717, 1.165) is 35.1 Å². The van der Waals surface area contributed by atoms with Crippen molar-refractivity contribution < 1.29 is 9.50 Å². The molecular weight excluding hydrogens is 445 g/mol. The van der Waals surface area contributed by atoms with Crippen LogP contribution in [0.15, 0.2) is 48.9 Å². The summed E-state index contributed by atoms with van der Waals surface area (Å²) in [6.45, 7) is 4.28. The van der Waals surface area contributed by atoms with Crippen molar-refractivity contribution in [1.29, 1.82) is 0 Å². The molecule has 0 spiro atoms. The molecule has 0 aliphatic heterocycles. The van der Waals surface area contributed by atoms with Gasteiger partial charge in [0.2, 0.25) is 5.95 Å². The molecule has 1 saturated carbocycles. The number of aromatic nitrogens is 5. The van der Waals surface area contributed by atoms with Gasteiger partial charge >= 0.3 is 0 Å². The normalized spacial score (nSPS) is 14.5. The summed E-state index contributed by atoms with van der Waals surface area (Å²) in [5.41, 5.74) is 3.01. The first-order valence-electron chi connectivity index (χ1n) is 12.0. The monoisotopic (exact) mass is 475 g/mol. The zero-order valence-electron chi connectivity index (χ0n) is 20.0. The standard InChI is InChI=1S/C26H30FN7O/c1-26(2,35)15-30-25-32-23(22-24(33-25)34(16-31-22)20-8-3-4-9-20)29-14-17-10-11-21(28-13-17)18-6-5-7-19(27)12-18/h5-7,10-13,16,20,35H,3-4,8-9,14-15H2,1-2H3,(H2,29,30,32,33). The molecule has 3 heterocycles. The first-order valence-corrected chi connectivity index (χ1v) is 12.0. The Morgan fingerprint density at radius 2 is 1.91 bits per heavy atom. The minimum Gasteiger partial charge on any atom is -0.389 e. The van der Waals surface area contributed by atoms with E-state index in [1.807, 2.05) is 24.5 Å². The fraction of sp³-hybridized carbons (Fsp3) is 0.385. The van der Waals surface area contributed by atoms with Crippen LogP contribution in [0.1, 0.15) is 51.1 Å². The molecule has 35 heavy (non-hydrogen) atoms. The van der Waals surface area contributed by atoms with Gasteiger partial charge in [0, 0.05) is 30.9 Å². The lowest BCUT2D eigenvalue weighted by Crippen LogP contribution is -2.30. The largest absolute Gasteiger partial charge is 0.389 e. The third kappa shape index (κ3) is 5.40. The second-order valence-corrected chi connectivity index (χ2v) is 9.74. The van der Waals surface area contributed by atoms with Gasteiger partial charge in [0.15, 0.2) is 17.0 Å². The van der Waals surface area contributed by atoms with Gasteiger partial charge < -0.3 is 20.3 Å². The molecule has 3 N–H and O–H groups in total. The fourth-order valence-corrected chi connectivity index (χ4v) is 4.40. The Labute approximate surface area is 203 Å². The van der Waals surface area contributed by atoms with Crippen LogP contribution in [-0.2, 0) is 6.54 Å². The molecule has 1 fully saturated rings. The first-order chi connectivity index (χ1) is 16.9. The van der Waals surface area contributed by atoms with Crippen LogP contribution in [0.2, 0.25) is 0 Å². The van der Waals surface area contributed by atoms with Gasteiger partial charge in [-0.2, -0.15) is 9.97 Å². The Morgan fingerprint density at radius 1 is 1.09 bits per heavy atom. The highest BCUT2D eigenvalue weighted by Crippen LogP contribution is 2.33. The average Bonchev–Trinajstić information content (AvgIpc) is 3.51. The Bertz CT molecular complexity index is 1310.